The second-order valence-electron chi connectivity index (χ2n) is 4.61. The molecule has 0 spiro atoms. The van der Waals surface area contributed by atoms with Gasteiger partial charge in [-0.25, -0.2) is 4.39 Å². The van der Waals surface area contributed by atoms with Crippen LogP contribution in [0.15, 0.2) is 18.2 Å². The van der Waals surface area contributed by atoms with Crippen molar-refractivity contribution < 1.29 is 19.4 Å². The van der Waals surface area contributed by atoms with E-state index >= 15 is 0 Å². The summed E-state index contributed by atoms with van der Waals surface area (Å²) in [6, 6.07) is 3.71. The van der Waals surface area contributed by atoms with Gasteiger partial charge in [0.25, 0.3) is 0 Å². The van der Waals surface area contributed by atoms with E-state index in [9.17, 15) is 14.3 Å². The van der Waals surface area contributed by atoms with Gasteiger partial charge in [0.1, 0.15) is 11.9 Å². The quantitative estimate of drug-likeness (QED) is 0.708. The van der Waals surface area contributed by atoms with E-state index in [4.69, 9.17) is 5.11 Å². The minimum atomic E-state index is -0.927. The number of nitrogens with one attached hydrogen (secondary N) is 1. The molecular formula is C14H20FNO3. The molecule has 0 amide bonds. The summed E-state index contributed by atoms with van der Waals surface area (Å²) < 4.78 is 13.1. The Morgan fingerprint density at radius 2 is 2.16 bits per heavy atom. The standard InChI is InChI=1S/C14H20FNO3/c1-3-4-12(14(18)19)16-8-13(17)10-5-6-11(15)9(2)7-10/h5-7,12-13,16-17H,3-4,8H2,1-2H3,(H,18,19). The minimum Gasteiger partial charge on any atom is -0.480 e. The van der Waals surface area contributed by atoms with Crippen molar-refractivity contribution in [3.63, 3.8) is 0 Å². The number of carboxylic acids is 1. The highest BCUT2D eigenvalue weighted by molar-refractivity contribution is 5.73. The van der Waals surface area contributed by atoms with Gasteiger partial charge >= 0.3 is 5.97 Å². The van der Waals surface area contributed by atoms with Crippen LogP contribution in [-0.2, 0) is 4.79 Å². The predicted molar refractivity (Wildman–Crippen MR) is 70.4 cm³/mol. The Kier molecular flexibility index (Phi) is 5.92. The summed E-state index contributed by atoms with van der Waals surface area (Å²) in [7, 11) is 0. The zero-order valence-corrected chi connectivity index (χ0v) is 11.2. The summed E-state index contributed by atoms with van der Waals surface area (Å²) in [5.74, 6) is -1.25. The SMILES string of the molecule is CCCC(NCC(O)c1ccc(F)c(C)c1)C(=O)O. The maximum atomic E-state index is 13.1. The molecule has 2 unspecified atom stereocenters. The number of hydrogen-bond donors (Lipinski definition) is 3. The van der Waals surface area contributed by atoms with Gasteiger partial charge in [-0.05, 0) is 30.5 Å². The second kappa shape index (κ2) is 7.21. The van der Waals surface area contributed by atoms with Gasteiger partial charge in [0.2, 0.25) is 0 Å². The van der Waals surface area contributed by atoms with Crippen LogP contribution in [-0.4, -0.2) is 28.8 Å². The van der Waals surface area contributed by atoms with E-state index in [1.165, 1.54) is 12.1 Å². The van der Waals surface area contributed by atoms with Crippen LogP contribution in [0.5, 0.6) is 0 Å². The number of benzene rings is 1. The lowest BCUT2D eigenvalue weighted by atomic mass is 10.1. The molecule has 0 radical (unpaired) electrons. The number of aryl methyl sites for hydroxylation is 1. The molecule has 0 aliphatic heterocycles. The fourth-order valence-electron chi connectivity index (χ4n) is 1.85. The molecule has 0 aromatic heterocycles. The molecule has 0 saturated heterocycles. The van der Waals surface area contributed by atoms with Crippen LogP contribution < -0.4 is 5.32 Å². The zero-order chi connectivity index (χ0) is 14.4. The Morgan fingerprint density at radius 1 is 1.47 bits per heavy atom. The van der Waals surface area contributed by atoms with Gasteiger partial charge < -0.3 is 15.5 Å². The first-order valence-electron chi connectivity index (χ1n) is 6.36. The number of aliphatic hydroxyl groups excluding tert-OH is 1. The van der Waals surface area contributed by atoms with Crippen LogP contribution in [0.2, 0.25) is 0 Å². The summed E-state index contributed by atoms with van der Waals surface area (Å²) in [6.45, 7) is 3.65. The molecule has 0 fully saturated rings. The van der Waals surface area contributed by atoms with Crippen LogP contribution in [0.25, 0.3) is 0 Å². The number of rotatable bonds is 7. The van der Waals surface area contributed by atoms with Crippen molar-refractivity contribution in [1.82, 2.24) is 5.32 Å². The van der Waals surface area contributed by atoms with Gasteiger partial charge in [0.15, 0.2) is 0 Å². The van der Waals surface area contributed by atoms with Crippen molar-refractivity contribution in [3.8, 4) is 0 Å². The Labute approximate surface area is 112 Å². The third-order valence-electron chi connectivity index (χ3n) is 3.00. The maximum absolute atomic E-state index is 13.1. The molecule has 19 heavy (non-hydrogen) atoms. The normalized spacial score (nSPS) is 14.1. The average molecular weight is 269 g/mol. The summed E-state index contributed by atoms with van der Waals surface area (Å²) in [5, 5.41) is 21.7. The van der Waals surface area contributed by atoms with Crippen LogP contribution in [0, 0.1) is 12.7 Å². The van der Waals surface area contributed by atoms with Gasteiger partial charge in [0.05, 0.1) is 6.10 Å². The molecule has 0 saturated carbocycles. The van der Waals surface area contributed by atoms with E-state index in [0.29, 0.717) is 17.5 Å². The summed E-state index contributed by atoms with van der Waals surface area (Å²) in [6.07, 6.45) is 0.401. The molecule has 0 aliphatic carbocycles. The van der Waals surface area contributed by atoms with Crippen molar-refractivity contribution in [1.29, 1.82) is 0 Å². The smallest absolute Gasteiger partial charge is 0.320 e. The summed E-state index contributed by atoms with van der Waals surface area (Å²) in [4.78, 5) is 10.9. The summed E-state index contributed by atoms with van der Waals surface area (Å²) in [5.41, 5.74) is 1.03. The highest BCUT2D eigenvalue weighted by atomic mass is 19.1. The first-order chi connectivity index (χ1) is 8.95. The average Bonchev–Trinajstić information content (AvgIpc) is 2.37. The van der Waals surface area contributed by atoms with E-state index in [1.54, 1.807) is 13.0 Å². The Morgan fingerprint density at radius 3 is 2.68 bits per heavy atom. The van der Waals surface area contributed by atoms with Crippen molar-refractivity contribution in [2.24, 2.45) is 0 Å². The molecule has 1 aromatic rings. The molecule has 5 heteroatoms. The fourth-order valence-corrected chi connectivity index (χ4v) is 1.85. The molecule has 4 nitrogen and oxygen atoms in total. The van der Waals surface area contributed by atoms with Gasteiger partial charge in [-0.15, -0.1) is 0 Å². The Balaban J connectivity index is 2.61. The van der Waals surface area contributed by atoms with Crippen molar-refractivity contribution in [2.45, 2.75) is 38.8 Å². The number of carboxylic acid groups (broad SMARTS) is 1. The number of aliphatic carboxylic acids is 1. The largest absolute Gasteiger partial charge is 0.480 e. The second-order valence-corrected chi connectivity index (χ2v) is 4.61. The lowest BCUT2D eigenvalue weighted by Crippen LogP contribution is -2.38. The first-order valence-corrected chi connectivity index (χ1v) is 6.36. The van der Waals surface area contributed by atoms with Crippen molar-refractivity contribution in [3.05, 3.63) is 35.1 Å². The minimum absolute atomic E-state index is 0.127. The third kappa shape index (κ3) is 4.61. The first kappa shape index (κ1) is 15.6. The summed E-state index contributed by atoms with van der Waals surface area (Å²) >= 11 is 0. The molecule has 1 aromatic carbocycles. The predicted octanol–water partition coefficient (Wildman–Crippen LogP) is 2.01. The van der Waals surface area contributed by atoms with Crippen LogP contribution >= 0.6 is 0 Å². The molecule has 2 atom stereocenters. The maximum Gasteiger partial charge on any atom is 0.320 e. The molecule has 0 bridgehead atoms. The zero-order valence-electron chi connectivity index (χ0n) is 11.2. The lowest BCUT2D eigenvalue weighted by Gasteiger charge is -2.17. The Hall–Kier alpha value is -1.46. The highest BCUT2D eigenvalue weighted by Gasteiger charge is 2.17. The molecule has 3 N–H and O–H groups in total. The Bertz CT molecular complexity index is 437. The van der Waals surface area contributed by atoms with E-state index in [0.717, 1.165) is 6.42 Å². The molecule has 106 valence electrons. The molecule has 0 aliphatic rings. The monoisotopic (exact) mass is 269 g/mol. The number of carbonyl (C=O) groups is 1. The molecule has 0 heterocycles. The number of halogens is 1. The van der Waals surface area contributed by atoms with Crippen molar-refractivity contribution in [2.75, 3.05) is 6.54 Å². The van der Waals surface area contributed by atoms with Crippen LogP contribution in [0.1, 0.15) is 37.0 Å². The van der Waals surface area contributed by atoms with E-state index < -0.39 is 18.1 Å². The van der Waals surface area contributed by atoms with E-state index in [1.807, 2.05) is 6.92 Å². The molecular weight excluding hydrogens is 249 g/mol. The fraction of sp³-hybridized carbons (Fsp3) is 0.500. The number of hydrogen-bond acceptors (Lipinski definition) is 3. The van der Waals surface area contributed by atoms with Gasteiger partial charge in [-0.2, -0.15) is 0 Å². The molecule has 1 rings (SSSR count). The lowest BCUT2D eigenvalue weighted by molar-refractivity contribution is -0.139. The number of aliphatic hydroxyl groups is 1. The van der Waals surface area contributed by atoms with Gasteiger partial charge in [-0.3, -0.25) is 4.79 Å². The highest BCUT2D eigenvalue weighted by Crippen LogP contribution is 2.16. The van der Waals surface area contributed by atoms with E-state index in [2.05, 4.69) is 5.32 Å². The van der Waals surface area contributed by atoms with Crippen LogP contribution in [0.4, 0.5) is 4.39 Å². The third-order valence-corrected chi connectivity index (χ3v) is 3.00. The van der Waals surface area contributed by atoms with Crippen molar-refractivity contribution >= 4 is 5.97 Å². The van der Waals surface area contributed by atoms with Crippen LogP contribution in [0.3, 0.4) is 0 Å². The topological polar surface area (TPSA) is 69.6 Å². The van der Waals surface area contributed by atoms with Gasteiger partial charge in [0, 0.05) is 6.54 Å². The van der Waals surface area contributed by atoms with E-state index in [-0.39, 0.29) is 12.4 Å². The van der Waals surface area contributed by atoms with Gasteiger partial charge in [-0.1, -0.05) is 25.5 Å².